The second-order valence-corrected chi connectivity index (χ2v) is 5.00. The molecule has 2 rings (SSSR count). The van der Waals surface area contributed by atoms with Gasteiger partial charge in [0, 0.05) is 33.9 Å². The first kappa shape index (κ1) is 15.2. The molecule has 0 aliphatic carbocycles. The highest BCUT2D eigenvalue weighted by Gasteiger charge is 2.33. The van der Waals surface area contributed by atoms with E-state index < -0.39 is 0 Å². The first-order chi connectivity index (χ1) is 9.78. The Hall–Kier alpha value is -1.24. The van der Waals surface area contributed by atoms with Crippen molar-refractivity contribution in [3.63, 3.8) is 0 Å². The molecule has 20 heavy (non-hydrogen) atoms. The average Bonchev–Trinajstić information content (AvgIpc) is 2.91. The van der Waals surface area contributed by atoms with Crippen molar-refractivity contribution in [3.8, 4) is 0 Å². The van der Waals surface area contributed by atoms with Gasteiger partial charge in [0.05, 0.1) is 18.1 Å². The number of hydrogen-bond acceptors (Lipinski definition) is 6. The van der Waals surface area contributed by atoms with Crippen LogP contribution in [0.3, 0.4) is 0 Å². The van der Waals surface area contributed by atoms with E-state index in [4.69, 9.17) is 9.47 Å². The van der Waals surface area contributed by atoms with Crippen molar-refractivity contribution in [2.45, 2.75) is 32.1 Å². The molecule has 1 N–H and O–H groups in total. The fourth-order valence-electron chi connectivity index (χ4n) is 2.38. The zero-order valence-corrected chi connectivity index (χ0v) is 12.5. The largest absolute Gasteiger partial charge is 0.377 e. The predicted octanol–water partition coefficient (Wildman–Crippen LogP) is 0.826. The van der Waals surface area contributed by atoms with Crippen molar-refractivity contribution >= 4 is 5.82 Å². The summed E-state index contributed by atoms with van der Waals surface area (Å²) >= 11 is 0. The van der Waals surface area contributed by atoms with Gasteiger partial charge in [-0.2, -0.15) is 0 Å². The van der Waals surface area contributed by atoms with Crippen molar-refractivity contribution in [1.82, 2.24) is 15.3 Å². The molecule has 0 bridgehead atoms. The third-order valence-electron chi connectivity index (χ3n) is 3.57. The molecule has 1 fully saturated rings. The van der Waals surface area contributed by atoms with E-state index in [0.29, 0.717) is 0 Å². The molecule has 0 aromatic carbocycles. The third kappa shape index (κ3) is 3.65. The Labute approximate surface area is 120 Å². The van der Waals surface area contributed by atoms with Crippen LogP contribution in [0.15, 0.2) is 12.4 Å². The van der Waals surface area contributed by atoms with E-state index in [2.05, 4.69) is 27.1 Å². The van der Waals surface area contributed by atoms with E-state index in [1.807, 2.05) is 12.4 Å². The van der Waals surface area contributed by atoms with Gasteiger partial charge in [0.2, 0.25) is 0 Å². The second kappa shape index (κ2) is 7.52. The van der Waals surface area contributed by atoms with Gasteiger partial charge in [-0.05, 0) is 13.0 Å². The molecule has 1 saturated heterocycles. The van der Waals surface area contributed by atoms with E-state index >= 15 is 0 Å². The van der Waals surface area contributed by atoms with Crippen molar-refractivity contribution in [1.29, 1.82) is 0 Å². The maximum absolute atomic E-state index is 5.43. The highest BCUT2D eigenvalue weighted by molar-refractivity contribution is 5.38. The third-order valence-corrected chi connectivity index (χ3v) is 3.57. The Morgan fingerprint density at radius 1 is 1.20 bits per heavy atom. The Morgan fingerprint density at radius 3 is 2.40 bits per heavy atom. The number of methoxy groups -OCH3 is 2. The van der Waals surface area contributed by atoms with Gasteiger partial charge in [0.1, 0.15) is 18.0 Å². The van der Waals surface area contributed by atoms with Crippen molar-refractivity contribution in [2.75, 3.05) is 38.8 Å². The second-order valence-electron chi connectivity index (χ2n) is 5.00. The van der Waals surface area contributed by atoms with Crippen LogP contribution in [0.4, 0.5) is 5.82 Å². The summed E-state index contributed by atoms with van der Waals surface area (Å²) in [5, 5.41) is 3.32. The molecule has 0 spiro atoms. The summed E-state index contributed by atoms with van der Waals surface area (Å²) in [6, 6.07) is 0. The molecule has 1 aromatic rings. The molecule has 1 aliphatic heterocycles. The van der Waals surface area contributed by atoms with Gasteiger partial charge in [0.15, 0.2) is 0 Å². The predicted molar refractivity (Wildman–Crippen MR) is 77.8 cm³/mol. The van der Waals surface area contributed by atoms with Crippen LogP contribution in [-0.4, -0.2) is 56.0 Å². The first-order valence-electron chi connectivity index (χ1n) is 7.10. The Kier molecular flexibility index (Phi) is 5.70. The molecule has 6 nitrogen and oxygen atoms in total. The van der Waals surface area contributed by atoms with Gasteiger partial charge in [-0.15, -0.1) is 0 Å². The van der Waals surface area contributed by atoms with E-state index in [1.54, 1.807) is 14.2 Å². The fraction of sp³-hybridized carbons (Fsp3) is 0.714. The lowest BCUT2D eigenvalue weighted by Crippen LogP contribution is -2.27. The molecule has 6 heteroatoms. The minimum atomic E-state index is 0.0905. The number of anilines is 1. The van der Waals surface area contributed by atoms with E-state index in [9.17, 15) is 0 Å². The summed E-state index contributed by atoms with van der Waals surface area (Å²) < 4.78 is 10.9. The number of rotatable bonds is 7. The molecule has 2 atom stereocenters. The van der Waals surface area contributed by atoms with Crippen LogP contribution in [0.2, 0.25) is 0 Å². The summed E-state index contributed by atoms with van der Waals surface area (Å²) in [6.07, 6.45) is 4.96. The fourth-order valence-corrected chi connectivity index (χ4v) is 2.38. The number of aromatic nitrogens is 2. The molecule has 2 unspecified atom stereocenters. The standard InChI is InChI=1S/C14H24N4O2/c1-4-5-15-6-11-7-17-14(8-16-11)18-9-12(19-2)13(10-18)20-3/h7-8,12-13,15H,4-6,9-10H2,1-3H3. The van der Waals surface area contributed by atoms with E-state index in [0.717, 1.165) is 44.1 Å². The van der Waals surface area contributed by atoms with E-state index in [-0.39, 0.29) is 12.2 Å². The minimum Gasteiger partial charge on any atom is -0.377 e. The summed E-state index contributed by atoms with van der Waals surface area (Å²) in [7, 11) is 3.43. The zero-order chi connectivity index (χ0) is 14.4. The van der Waals surface area contributed by atoms with Crippen LogP contribution >= 0.6 is 0 Å². The van der Waals surface area contributed by atoms with Crippen LogP contribution < -0.4 is 10.2 Å². The summed E-state index contributed by atoms with van der Waals surface area (Å²) in [5.41, 5.74) is 0.966. The van der Waals surface area contributed by atoms with Gasteiger partial charge in [0.25, 0.3) is 0 Å². The van der Waals surface area contributed by atoms with Crippen molar-refractivity contribution in [3.05, 3.63) is 18.1 Å². The maximum Gasteiger partial charge on any atom is 0.147 e. The monoisotopic (exact) mass is 280 g/mol. The van der Waals surface area contributed by atoms with E-state index in [1.165, 1.54) is 0 Å². The molecule has 1 aliphatic rings. The highest BCUT2D eigenvalue weighted by Crippen LogP contribution is 2.20. The summed E-state index contributed by atoms with van der Waals surface area (Å²) in [4.78, 5) is 11.1. The molecule has 0 saturated carbocycles. The van der Waals surface area contributed by atoms with Gasteiger partial charge >= 0.3 is 0 Å². The van der Waals surface area contributed by atoms with Crippen LogP contribution in [0.25, 0.3) is 0 Å². The summed E-state index contributed by atoms with van der Waals surface area (Å²) in [6.45, 7) is 5.49. The SMILES string of the molecule is CCCNCc1cnc(N2CC(OC)C(OC)C2)cn1. The normalized spacial score (nSPS) is 22.4. The van der Waals surface area contributed by atoms with Crippen molar-refractivity contribution in [2.24, 2.45) is 0 Å². The maximum atomic E-state index is 5.43. The molecule has 1 aromatic heterocycles. The van der Waals surface area contributed by atoms with Gasteiger partial charge in [-0.1, -0.05) is 6.92 Å². The van der Waals surface area contributed by atoms with Crippen LogP contribution in [0, 0.1) is 0 Å². The quantitative estimate of drug-likeness (QED) is 0.747. The van der Waals surface area contributed by atoms with Gasteiger partial charge < -0.3 is 19.7 Å². The Morgan fingerprint density at radius 2 is 1.90 bits per heavy atom. The van der Waals surface area contributed by atoms with Gasteiger partial charge in [-0.3, -0.25) is 4.98 Å². The lowest BCUT2D eigenvalue weighted by molar-refractivity contribution is -0.00461. The molecular weight excluding hydrogens is 256 g/mol. The molecule has 0 amide bonds. The Bertz CT molecular complexity index is 387. The average molecular weight is 280 g/mol. The van der Waals surface area contributed by atoms with Gasteiger partial charge in [-0.25, -0.2) is 4.98 Å². The Balaban J connectivity index is 1.93. The number of nitrogens with one attached hydrogen (secondary N) is 1. The highest BCUT2D eigenvalue weighted by atomic mass is 16.5. The topological polar surface area (TPSA) is 59.5 Å². The van der Waals surface area contributed by atoms with Crippen LogP contribution in [0.1, 0.15) is 19.0 Å². The molecule has 0 radical (unpaired) electrons. The molecule has 2 heterocycles. The number of nitrogens with zero attached hydrogens (tertiary/aromatic N) is 3. The number of hydrogen-bond donors (Lipinski definition) is 1. The van der Waals surface area contributed by atoms with Crippen molar-refractivity contribution < 1.29 is 9.47 Å². The summed E-state index contributed by atoms with van der Waals surface area (Å²) in [5.74, 6) is 0.880. The van der Waals surface area contributed by atoms with Crippen LogP contribution in [-0.2, 0) is 16.0 Å². The van der Waals surface area contributed by atoms with Crippen LogP contribution in [0.5, 0.6) is 0 Å². The lowest BCUT2D eigenvalue weighted by Gasteiger charge is -2.16. The molecule has 112 valence electrons. The minimum absolute atomic E-state index is 0.0905. The zero-order valence-electron chi connectivity index (χ0n) is 12.5. The number of ether oxygens (including phenoxy) is 2. The first-order valence-corrected chi connectivity index (χ1v) is 7.10. The molecular formula is C14H24N4O2. The lowest BCUT2D eigenvalue weighted by atomic mass is 10.3. The smallest absolute Gasteiger partial charge is 0.147 e.